The number of aromatic nitrogens is 2. The van der Waals surface area contributed by atoms with Crippen LogP contribution in [0.3, 0.4) is 0 Å². The molecule has 6 heteroatoms. The molecule has 0 atom stereocenters. The highest BCUT2D eigenvalue weighted by atomic mass is 35.5. The van der Waals surface area contributed by atoms with Crippen molar-refractivity contribution in [2.24, 2.45) is 0 Å². The van der Waals surface area contributed by atoms with E-state index in [4.69, 9.17) is 16.3 Å². The second kappa shape index (κ2) is 5.25. The summed E-state index contributed by atoms with van der Waals surface area (Å²) in [6.45, 7) is 0.582. The summed E-state index contributed by atoms with van der Waals surface area (Å²) >= 11 is 6.92. The van der Waals surface area contributed by atoms with Gasteiger partial charge in [-0.1, -0.05) is 23.7 Å². The van der Waals surface area contributed by atoms with E-state index in [0.29, 0.717) is 17.6 Å². The lowest BCUT2D eigenvalue weighted by Crippen LogP contribution is -1.93. The third-order valence-electron chi connectivity index (χ3n) is 1.95. The fourth-order valence-electron chi connectivity index (χ4n) is 1.29. The van der Waals surface area contributed by atoms with Crippen LogP contribution in [0.5, 0.6) is 0 Å². The standard InChI is InChI=1S/C10H10ClN3OS/c1-15-6-7-3-2-4-8(5-7)12-10-9(11)13-16-14-10/h2-5H,6H2,1H3,(H,12,14). The predicted octanol–water partition coefficient (Wildman–Crippen LogP) is 3.08. The van der Waals surface area contributed by atoms with Crippen LogP contribution in [0.2, 0.25) is 5.15 Å². The molecule has 4 nitrogen and oxygen atoms in total. The Labute approximate surface area is 103 Å². The molecule has 84 valence electrons. The van der Waals surface area contributed by atoms with Crippen molar-refractivity contribution in [2.75, 3.05) is 12.4 Å². The molecule has 2 rings (SSSR count). The Morgan fingerprint density at radius 1 is 1.44 bits per heavy atom. The molecule has 0 aliphatic carbocycles. The van der Waals surface area contributed by atoms with Crippen molar-refractivity contribution in [1.29, 1.82) is 0 Å². The Kier molecular flexibility index (Phi) is 3.71. The molecule has 1 heterocycles. The maximum Gasteiger partial charge on any atom is 0.187 e. The van der Waals surface area contributed by atoms with Gasteiger partial charge in [0.15, 0.2) is 11.0 Å². The minimum Gasteiger partial charge on any atom is -0.380 e. The van der Waals surface area contributed by atoms with E-state index in [2.05, 4.69) is 14.1 Å². The monoisotopic (exact) mass is 255 g/mol. The van der Waals surface area contributed by atoms with Crippen molar-refractivity contribution in [1.82, 2.24) is 8.75 Å². The van der Waals surface area contributed by atoms with Gasteiger partial charge in [0, 0.05) is 12.8 Å². The molecular formula is C10H10ClN3OS. The zero-order valence-corrected chi connectivity index (χ0v) is 10.2. The van der Waals surface area contributed by atoms with Crippen molar-refractivity contribution < 1.29 is 4.74 Å². The topological polar surface area (TPSA) is 47.0 Å². The number of benzene rings is 1. The molecule has 0 radical (unpaired) electrons. The Morgan fingerprint density at radius 2 is 2.31 bits per heavy atom. The first-order valence-electron chi connectivity index (χ1n) is 4.62. The van der Waals surface area contributed by atoms with Crippen LogP contribution >= 0.6 is 23.3 Å². The summed E-state index contributed by atoms with van der Waals surface area (Å²) in [5, 5.41) is 3.49. The summed E-state index contributed by atoms with van der Waals surface area (Å²) in [7, 11) is 1.67. The average Bonchev–Trinajstić information content (AvgIpc) is 2.66. The lowest BCUT2D eigenvalue weighted by Gasteiger charge is -2.05. The zero-order chi connectivity index (χ0) is 11.4. The first-order valence-corrected chi connectivity index (χ1v) is 5.73. The maximum absolute atomic E-state index is 5.84. The van der Waals surface area contributed by atoms with Gasteiger partial charge in [-0.2, -0.15) is 8.75 Å². The minimum atomic E-state index is 0.391. The van der Waals surface area contributed by atoms with Gasteiger partial charge >= 0.3 is 0 Å². The lowest BCUT2D eigenvalue weighted by molar-refractivity contribution is 0.185. The van der Waals surface area contributed by atoms with Crippen molar-refractivity contribution in [3.63, 3.8) is 0 Å². The Morgan fingerprint density at radius 3 is 3.00 bits per heavy atom. The van der Waals surface area contributed by atoms with Gasteiger partial charge in [0.25, 0.3) is 0 Å². The van der Waals surface area contributed by atoms with Crippen molar-refractivity contribution in [3.05, 3.63) is 35.0 Å². The molecule has 2 aromatic rings. The summed E-state index contributed by atoms with van der Waals surface area (Å²) in [6.07, 6.45) is 0. The van der Waals surface area contributed by atoms with Gasteiger partial charge in [-0.25, -0.2) is 0 Å². The fraction of sp³-hybridized carbons (Fsp3) is 0.200. The number of hydrogen-bond acceptors (Lipinski definition) is 5. The van der Waals surface area contributed by atoms with Crippen LogP contribution in [0, 0.1) is 0 Å². The van der Waals surface area contributed by atoms with Crippen LogP contribution in [0.15, 0.2) is 24.3 Å². The van der Waals surface area contributed by atoms with Crippen molar-refractivity contribution >= 4 is 34.8 Å². The van der Waals surface area contributed by atoms with E-state index >= 15 is 0 Å². The molecule has 0 fully saturated rings. The SMILES string of the molecule is COCc1cccc(Nc2nsnc2Cl)c1. The van der Waals surface area contributed by atoms with Crippen molar-refractivity contribution in [3.8, 4) is 0 Å². The third kappa shape index (κ3) is 2.69. The van der Waals surface area contributed by atoms with E-state index in [1.807, 2.05) is 24.3 Å². The van der Waals surface area contributed by atoms with E-state index in [-0.39, 0.29) is 0 Å². The van der Waals surface area contributed by atoms with Gasteiger partial charge in [0.2, 0.25) is 0 Å². The van der Waals surface area contributed by atoms with Crippen LogP contribution in [0.4, 0.5) is 11.5 Å². The van der Waals surface area contributed by atoms with Crippen LogP contribution in [0.25, 0.3) is 0 Å². The maximum atomic E-state index is 5.84. The van der Waals surface area contributed by atoms with Gasteiger partial charge in [-0.15, -0.1) is 0 Å². The molecule has 1 aromatic heterocycles. The fourth-order valence-corrected chi connectivity index (χ4v) is 1.94. The minimum absolute atomic E-state index is 0.391. The molecule has 0 aliphatic rings. The third-order valence-corrected chi connectivity index (χ3v) is 2.84. The molecule has 16 heavy (non-hydrogen) atoms. The van der Waals surface area contributed by atoms with Crippen molar-refractivity contribution in [2.45, 2.75) is 6.61 Å². The quantitative estimate of drug-likeness (QED) is 0.912. The smallest absolute Gasteiger partial charge is 0.187 e. The highest BCUT2D eigenvalue weighted by molar-refractivity contribution is 6.99. The predicted molar refractivity (Wildman–Crippen MR) is 65.4 cm³/mol. The Bertz CT molecular complexity index is 475. The Balaban J connectivity index is 2.15. The van der Waals surface area contributed by atoms with Gasteiger partial charge in [-0.05, 0) is 17.7 Å². The molecule has 0 aliphatic heterocycles. The van der Waals surface area contributed by atoms with Gasteiger partial charge in [-0.3, -0.25) is 0 Å². The van der Waals surface area contributed by atoms with E-state index in [9.17, 15) is 0 Å². The summed E-state index contributed by atoms with van der Waals surface area (Å²) in [6, 6.07) is 7.87. The average molecular weight is 256 g/mol. The van der Waals surface area contributed by atoms with E-state index < -0.39 is 0 Å². The zero-order valence-electron chi connectivity index (χ0n) is 8.61. The molecular weight excluding hydrogens is 246 g/mol. The van der Waals surface area contributed by atoms with E-state index in [0.717, 1.165) is 23.0 Å². The highest BCUT2D eigenvalue weighted by Crippen LogP contribution is 2.23. The second-order valence-electron chi connectivity index (χ2n) is 3.16. The number of nitrogens with one attached hydrogen (secondary N) is 1. The molecule has 0 saturated heterocycles. The number of halogens is 1. The van der Waals surface area contributed by atoms with E-state index in [1.165, 1.54) is 0 Å². The van der Waals surface area contributed by atoms with E-state index in [1.54, 1.807) is 7.11 Å². The van der Waals surface area contributed by atoms with Gasteiger partial charge in [0.05, 0.1) is 18.3 Å². The normalized spacial score (nSPS) is 10.4. The van der Waals surface area contributed by atoms with Crippen LogP contribution in [-0.4, -0.2) is 15.9 Å². The summed E-state index contributed by atoms with van der Waals surface area (Å²) in [5.74, 6) is 0.584. The summed E-state index contributed by atoms with van der Waals surface area (Å²) in [5.41, 5.74) is 2.01. The summed E-state index contributed by atoms with van der Waals surface area (Å²) in [4.78, 5) is 0. The first kappa shape index (κ1) is 11.3. The number of methoxy groups -OCH3 is 1. The molecule has 0 amide bonds. The van der Waals surface area contributed by atoms with Crippen LogP contribution in [-0.2, 0) is 11.3 Å². The molecule has 1 N–H and O–H groups in total. The molecule has 0 bridgehead atoms. The lowest BCUT2D eigenvalue weighted by atomic mass is 10.2. The first-order chi connectivity index (χ1) is 7.79. The van der Waals surface area contributed by atoms with Crippen LogP contribution in [0.1, 0.15) is 5.56 Å². The second-order valence-corrected chi connectivity index (χ2v) is 4.05. The number of rotatable bonds is 4. The molecule has 0 saturated carbocycles. The molecule has 0 unspecified atom stereocenters. The van der Waals surface area contributed by atoms with Gasteiger partial charge < -0.3 is 10.1 Å². The molecule has 0 spiro atoms. The number of anilines is 2. The number of ether oxygens (including phenoxy) is 1. The van der Waals surface area contributed by atoms with Gasteiger partial charge in [0.1, 0.15) is 0 Å². The Hall–Kier alpha value is -1.17. The largest absolute Gasteiger partial charge is 0.380 e. The highest BCUT2D eigenvalue weighted by Gasteiger charge is 2.05. The number of nitrogens with zero attached hydrogens (tertiary/aromatic N) is 2. The molecule has 1 aromatic carbocycles. The summed E-state index contributed by atoms with van der Waals surface area (Å²) < 4.78 is 13.0. The van der Waals surface area contributed by atoms with Crippen LogP contribution < -0.4 is 5.32 Å². The number of hydrogen-bond donors (Lipinski definition) is 1.